The number of nitrogens with one attached hydrogen (secondary N) is 1. The molecule has 3 aromatic rings. The molecule has 0 atom stereocenters. The van der Waals surface area contributed by atoms with E-state index in [1.54, 1.807) is 48.4 Å². The lowest BCUT2D eigenvalue weighted by Gasteiger charge is -2.12. The van der Waals surface area contributed by atoms with Gasteiger partial charge < -0.3 is 15.0 Å². The van der Waals surface area contributed by atoms with Gasteiger partial charge >= 0.3 is 0 Å². The van der Waals surface area contributed by atoms with E-state index in [2.05, 4.69) is 30.4 Å². The minimum absolute atomic E-state index is 0.178. The summed E-state index contributed by atoms with van der Waals surface area (Å²) in [6.45, 7) is 1.78. The maximum atomic E-state index is 12.0. The molecular weight excluding hydrogens is 348 g/mol. The minimum atomic E-state index is -0.300. The maximum absolute atomic E-state index is 12.0. The molecule has 0 aromatic carbocycles. The van der Waals surface area contributed by atoms with Gasteiger partial charge in [-0.1, -0.05) is 0 Å². The van der Waals surface area contributed by atoms with Crippen molar-refractivity contribution < 1.29 is 9.53 Å². The largest absolute Gasteiger partial charge is 0.467 e. The zero-order valence-corrected chi connectivity index (χ0v) is 15.3. The van der Waals surface area contributed by atoms with E-state index >= 15 is 0 Å². The SMILES string of the molecule is Cc1nc(OCC(=O)NCc2nccc(N(C)C)n2)cc(-n2cccn2)n1. The Morgan fingerprint density at radius 2 is 2.11 bits per heavy atom. The van der Waals surface area contributed by atoms with E-state index in [0.717, 1.165) is 5.82 Å². The summed E-state index contributed by atoms with van der Waals surface area (Å²) in [6, 6.07) is 5.21. The molecule has 10 heteroatoms. The highest BCUT2D eigenvalue weighted by Gasteiger charge is 2.09. The summed E-state index contributed by atoms with van der Waals surface area (Å²) < 4.78 is 7.08. The number of hydrogen-bond donors (Lipinski definition) is 1. The molecule has 140 valence electrons. The number of aromatic nitrogens is 6. The van der Waals surface area contributed by atoms with Gasteiger partial charge in [-0.15, -0.1) is 0 Å². The van der Waals surface area contributed by atoms with Crippen molar-refractivity contribution in [3.05, 3.63) is 48.4 Å². The molecule has 0 fully saturated rings. The van der Waals surface area contributed by atoms with Crippen LogP contribution < -0.4 is 15.0 Å². The van der Waals surface area contributed by atoms with E-state index in [9.17, 15) is 4.79 Å². The third-order valence-electron chi connectivity index (χ3n) is 3.48. The average Bonchev–Trinajstić information content (AvgIpc) is 3.19. The van der Waals surface area contributed by atoms with Gasteiger partial charge in [0.25, 0.3) is 5.91 Å². The van der Waals surface area contributed by atoms with E-state index in [4.69, 9.17) is 4.74 Å². The number of carbonyl (C=O) groups excluding carboxylic acids is 1. The lowest BCUT2D eigenvalue weighted by Crippen LogP contribution is -2.29. The van der Waals surface area contributed by atoms with Crippen molar-refractivity contribution in [1.29, 1.82) is 0 Å². The van der Waals surface area contributed by atoms with Gasteiger partial charge in [0, 0.05) is 38.8 Å². The Kier molecular flexibility index (Phi) is 5.55. The monoisotopic (exact) mass is 368 g/mol. The Bertz CT molecular complexity index is 911. The molecular formula is C17H20N8O2. The number of nitrogens with zero attached hydrogens (tertiary/aromatic N) is 7. The second kappa shape index (κ2) is 8.21. The first kappa shape index (κ1) is 18.2. The van der Waals surface area contributed by atoms with Gasteiger partial charge in [-0.3, -0.25) is 4.79 Å². The Morgan fingerprint density at radius 3 is 2.85 bits per heavy atom. The van der Waals surface area contributed by atoms with Gasteiger partial charge in [-0.05, 0) is 19.1 Å². The van der Waals surface area contributed by atoms with Crippen LogP contribution in [0.3, 0.4) is 0 Å². The van der Waals surface area contributed by atoms with E-state index < -0.39 is 0 Å². The molecule has 0 spiro atoms. The zero-order valence-electron chi connectivity index (χ0n) is 15.3. The number of anilines is 1. The summed E-state index contributed by atoms with van der Waals surface area (Å²) in [6.07, 6.45) is 5.07. The van der Waals surface area contributed by atoms with Crippen LogP contribution >= 0.6 is 0 Å². The molecule has 0 bridgehead atoms. The van der Waals surface area contributed by atoms with Crippen LogP contribution in [-0.4, -0.2) is 56.3 Å². The van der Waals surface area contributed by atoms with Crippen molar-refractivity contribution in [1.82, 2.24) is 35.0 Å². The Labute approximate surface area is 156 Å². The highest BCUT2D eigenvalue weighted by atomic mass is 16.5. The third kappa shape index (κ3) is 4.97. The Balaban J connectivity index is 1.56. The molecule has 10 nitrogen and oxygen atoms in total. The maximum Gasteiger partial charge on any atom is 0.258 e. The molecule has 1 amide bonds. The third-order valence-corrected chi connectivity index (χ3v) is 3.48. The average molecular weight is 368 g/mol. The summed E-state index contributed by atoms with van der Waals surface area (Å²) >= 11 is 0. The Morgan fingerprint density at radius 1 is 1.26 bits per heavy atom. The summed E-state index contributed by atoms with van der Waals surface area (Å²) in [5, 5.41) is 6.84. The minimum Gasteiger partial charge on any atom is -0.467 e. The van der Waals surface area contributed by atoms with Crippen LogP contribution in [0.25, 0.3) is 5.82 Å². The first-order valence-electron chi connectivity index (χ1n) is 8.26. The predicted molar refractivity (Wildman–Crippen MR) is 97.6 cm³/mol. The van der Waals surface area contributed by atoms with Crippen LogP contribution in [0.1, 0.15) is 11.6 Å². The van der Waals surface area contributed by atoms with Crippen LogP contribution in [0, 0.1) is 6.92 Å². The summed E-state index contributed by atoms with van der Waals surface area (Å²) in [5.41, 5.74) is 0. The van der Waals surface area contributed by atoms with Crippen molar-refractivity contribution in [2.24, 2.45) is 0 Å². The second-order valence-electron chi connectivity index (χ2n) is 5.85. The molecule has 3 aromatic heterocycles. The van der Waals surface area contributed by atoms with Gasteiger partial charge in [0.2, 0.25) is 5.88 Å². The molecule has 1 N–H and O–H groups in total. The number of ether oxygens (including phenoxy) is 1. The van der Waals surface area contributed by atoms with Crippen LogP contribution in [0.15, 0.2) is 36.8 Å². The van der Waals surface area contributed by atoms with Crippen LogP contribution in [0.2, 0.25) is 0 Å². The predicted octanol–water partition coefficient (Wildman–Crippen LogP) is 0.522. The summed E-state index contributed by atoms with van der Waals surface area (Å²) in [5.74, 6) is 2.38. The van der Waals surface area contributed by atoms with E-state index in [0.29, 0.717) is 23.3 Å². The van der Waals surface area contributed by atoms with Crippen molar-refractivity contribution >= 4 is 11.7 Å². The van der Waals surface area contributed by atoms with Gasteiger partial charge in [0.1, 0.15) is 17.5 Å². The Hall–Kier alpha value is -3.56. The van der Waals surface area contributed by atoms with Crippen molar-refractivity contribution in [2.45, 2.75) is 13.5 Å². The normalized spacial score (nSPS) is 10.5. The van der Waals surface area contributed by atoms with Crippen molar-refractivity contribution in [2.75, 3.05) is 25.6 Å². The highest BCUT2D eigenvalue weighted by molar-refractivity contribution is 5.77. The van der Waals surface area contributed by atoms with Crippen LogP contribution in [0.5, 0.6) is 5.88 Å². The molecule has 0 radical (unpaired) electrons. The number of aryl methyl sites for hydroxylation is 1. The van der Waals surface area contributed by atoms with E-state index in [1.165, 1.54) is 0 Å². The first-order valence-corrected chi connectivity index (χ1v) is 8.26. The second-order valence-corrected chi connectivity index (χ2v) is 5.85. The van der Waals surface area contributed by atoms with Crippen LogP contribution in [-0.2, 0) is 11.3 Å². The fourth-order valence-corrected chi connectivity index (χ4v) is 2.21. The molecule has 0 aliphatic rings. The smallest absolute Gasteiger partial charge is 0.258 e. The topological polar surface area (TPSA) is 111 Å². The molecule has 27 heavy (non-hydrogen) atoms. The number of hydrogen-bond acceptors (Lipinski definition) is 8. The zero-order chi connectivity index (χ0) is 19.2. The number of carbonyl (C=O) groups is 1. The quantitative estimate of drug-likeness (QED) is 0.643. The molecule has 0 aliphatic carbocycles. The van der Waals surface area contributed by atoms with Gasteiger partial charge in [0.05, 0.1) is 6.54 Å². The first-order chi connectivity index (χ1) is 13.0. The lowest BCUT2D eigenvalue weighted by atomic mass is 10.4. The molecule has 3 rings (SSSR count). The summed E-state index contributed by atoms with van der Waals surface area (Å²) in [4.78, 5) is 30.9. The standard InChI is InChI=1S/C17H20N8O2/c1-12-21-15(25-8-4-6-20-25)9-17(22-12)27-11-16(26)19-10-13-18-7-5-14(23-13)24(2)3/h4-9H,10-11H2,1-3H3,(H,19,26). The number of amides is 1. The van der Waals surface area contributed by atoms with Crippen LogP contribution in [0.4, 0.5) is 5.82 Å². The van der Waals surface area contributed by atoms with Gasteiger partial charge in [-0.2, -0.15) is 10.1 Å². The van der Waals surface area contributed by atoms with E-state index in [-0.39, 0.29) is 19.1 Å². The summed E-state index contributed by atoms with van der Waals surface area (Å²) in [7, 11) is 3.78. The molecule has 3 heterocycles. The van der Waals surface area contributed by atoms with Crippen molar-refractivity contribution in [3.63, 3.8) is 0 Å². The lowest BCUT2D eigenvalue weighted by molar-refractivity contribution is -0.123. The van der Waals surface area contributed by atoms with Gasteiger partial charge in [0.15, 0.2) is 12.4 Å². The number of rotatable bonds is 7. The molecule has 0 saturated carbocycles. The molecule has 0 saturated heterocycles. The van der Waals surface area contributed by atoms with Crippen molar-refractivity contribution in [3.8, 4) is 11.7 Å². The van der Waals surface area contributed by atoms with E-state index in [1.807, 2.05) is 19.0 Å². The molecule has 0 unspecified atom stereocenters. The fourth-order valence-electron chi connectivity index (χ4n) is 2.21. The molecule has 0 aliphatic heterocycles. The highest BCUT2D eigenvalue weighted by Crippen LogP contribution is 2.12. The van der Waals surface area contributed by atoms with Gasteiger partial charge in [-0.25, -0.2) is 19.6 Å². The fraction of sp³-hybridized carbons (Fsp3) is 0.294.